The van der Waals surface area contributed by atoms with E-state index in [0.717, 1.165) is 104 Å². The zero-order valence-electron chi connectivity index (χ0n) is 32.5. The third kappa shape index (κ3) is 9.45. The summed E-state index contributed by atoms with van der Waals surface area (Å²) in [4.78, 5) is 33.1. The first-order valence-corrected chi connectivity index (χ1v) is 18.9. The van der Waals surface area contributed by atoms with Gasteiger partial charge in [-0.3, -0.25) is 14.6 Å². The van der Waals surface area contributed by atoms with E-state index in [1.54, 1.807) is 13.0 Å². The molecule has 3 aromatic carbocycles. The smallest absolute Gasteiger partial charge is 0.248 e. The summed E-state index contributed by atoms with van der Waals surface area (Å²) in [6, 6.07) is 17.7. The van der Waals surface area contributed by atoms with Crippen LogP contribution in [0.1, 0.15) is 82.7 Å². The number of nitrogens with one attached hydrogen (secondary N) is 2. The van der Waals surface area contributed by atoms with Crippen LogP contribution in [0.5, 0.6) is 5.75 Å². The number of amides is 1. The van der Waals surface area contributed by atoms with Crippen LogP contribution in [0.15, 0.2) is 65.2 Å². The van der Waals surface area contributed by atoms with Gasteiger partial charge in [0.1, 0.15) is 5.75 Å². The van der Waals surface area contributed by atoms with E-state index in [4.69, 9.17) is 26.4 Å². The molecule has 0 saturated heterocycles. The quantitative estimate of drug-likeness (QED) is 0.0558. The summed E-state index contributed by atoms with van der Waals surface area (Å²) < 4.78 is 8.10. The van der Waals surface area contributed by atoms with Gasteiger partial charge in [-0.05, 0) is 139 Å². The van der Waals surface area contributed by atoms with E-state index < -0.39 is 0 Å². The Bertz CT molecular complexity index is 2020. The van der Waals surface area contributed by atoms with Crippen molar-refractivity contribution in [2.45, 2.75) is 73.8 Å². The van der Waals surface area contributed by atoms with Crippen LogP contribution in [0.3, 0.4) is 0 Å². The normalized spacial score (nSPS) is 12.8. The van der Waals surface area contributed by atoms with Crippen molar-refractivity contribution in [1.82, 2.24) is 25.3 Å². The fraction of sp³-hybridized carbons (Fsp3) is 0.395. The number of nitrogens with zero attached hydrogens (tertiary/aromatic N) is 4. The van der Waals surface area contributed by atoms with Crippen LogP contribution < -0.4 is 15.4 Å². The number of aryl methyl sites for hydroxylation is 3. The predicted octanol–water partition coefficient (Wildman–Crippen LogP) is 7.89. The first kappa shape index (κ1) is 39.5. The standard InChI is InChI=1S/C43H53ClN6O3/c1-9-45-43(46-19-13-20-49(7)8)50-30(5)40(29(4)48-50)37-17-11-16-35-36(18-12-21-53-34-22-27(2)41(44)28(3)23-34)39(25-38(35)37)42(52)47-26-32-14-10-15-33(24-32)31(6)51/h10-11,14-17,22-24H,9,12-13,18-21,25-26H2,1-8H3,(H,45,46)(H,47,52). The number of ether oxygens (including phenoxy) is 1. The number of allylic oxidation sites excluding steroid dienone is 1. The van der Waals surface area contributed by atoms with Crippen LogP contribution in [-0.2, 0) is 17.8 Å². The lowest BCUT2D eigenvalue weighted by atomic mass is 9.93. The summed E-state index contributed by atoms with van der Waals surface area (Å²) in [6.07, 6.45) is 2.85. The number of hydrogen-bond donors (Lipinski definition) is 2. The number of aromatic nitrogens is 2. The molecule has 53 heavy (non-hydrogen) atoms. The fourth-order valence-electron chi connectivity index (χ4n) is 7.03. The van der Waals surface area contributed by atoms with Crippen molar-refractivity contribution in [1.29, 1.82) is 0 Å². The van der Waals surface area contributed by atoms with Gasteiger partial charge in [-0.25, -0.2) is 4.68 Å². The summed E-state index contributed by atoms with van der Waals surface area (Å²) in [6.45, 7) is 14.9. The molecule has 280 valence electrons. The molecule has 0 radical (unpaired) electrons. The molecule has 4 aromatic rings. The number of benzene rings is 3. The Morgan fingerprint density at radius 1 is 0.981 bits per heavy atom. The lowest BCUT2D eigenvalue weighted by Gasteiger charge is -2.14. The van der Waals surface area contributed by atoms with E-state index in [1.807, 2.05) is 55.8 Å². The van der Waals surface area contributed by atoms with Crippen LogP contribution in [0.4, 0.5) is 0 Å². The summed E-state index contributed by atoms with van der Waals surface area (Å²) in [5, 5.41) is 12.3. The monoisotopic (exact) mass is 736 g/mol. The van der Waals surface area contributed by atoms with Gasteiger partial charge in [0.05, 0.1) is 18.0 Å². The molecule has 1 amide bonds. The van der Waals surface area contributed by atoms with Crippen LogP contribution in [-0.4, -0.2) is 72.7 Å². The third-order valence-electron chi connectivity index (χ3n) is 9.65. The average molecular weight is 737 g/mol. The lowest BCUT2D eigenvalue weighted by Crippen LogP contribution is -2.32. The number of Topliss-reactive ketones (excluding diaryl/α,β-unsaturated/α-hetero) is 1. The number of fused-ring (bicyclic) bond motifs is 1. The van der Waals surface area contributed by atoms with E-state index in [1.165, 1.54) is 0 Å². The Morgan fingerprint density at radius 2 is 1.70 bits per heavy atom. The molecule has 0 atom stereocenters. The highest BCUT2D eigenvalue weighted by atomic mass is 35.5. The summed E-state index contributed by atoms with van der Waals surface area (Å²) in [5.74, 6) is 1.42. The number of carbonyl (C=O) groups excluding carboxylic acids is 2. The second-order valence-electron chi connectivity index (χ2n) is 14.1. The van der Waals surface area contributed by atoms with Crippen molar-refractivity contribution in [3.05, 3.63) is 110 Å². The van der Waals surface area contributed by atoms with Gasteiger partial charge < -0.3 is 20.3 Å². The zero-order chi connectivity index (χ0) is 38.2. The van der Waals surface area contributed by atoms with Crippen molar-refractivity contribution >= 4 is 34.8 Å². The number of carbonyl (C=O) groups is 2. The van der Waals surface area contributed by atoms with Gasteiger partial charge in [-0.15, -0.1) is 0 Å². The maximum Gasteiger partial charge on any atom is 0.248 e. The maximum absolute atomic E-state index is 14.1. The molecule has 0 aliphatic heterocycles. The van der Waals surface area contributed by atoms with Gasteiger partial charge in [0.15, 0.2) is 5.78 Å². The molecular weight excluding hydrogens is 684 g/mol. The second kappa shape index (κ2) is 17.9. The average Bonchev–Trinajstić information content (AvgIpc) is 3.65. The van der Waals surface area contributed by atoms with Gasteiger partial charge in [-0.2, -0.15) is 5.10 Å². The number of aliphatic imine (C=N–C) groups is 1. The minimum atomic E-state index is -0.108. The number of rotatable bonds is 15. The van der Waals surface area contributed by atoms with Gasteiger partial charge in [-0.1, -0.05) is 48.0 Å². The Kier molecular flexibility index (Phi) is 13.3. The number of halogens is 1. The molecule has 10 heteroatoms. The summed E-state index contributed by atoms with van der Waals surface area (Å²) in [5.41, 5.74) is 11.5. The molecule has 2 N–H and O–H groups in total. The molecule has 9 nitrogen and oxygen atoms in total. The van der Waals surface area contributed by atoms with E-state index in [0.29, 0.717) is 38.1 Å². The lowest BCUT2D eigenvalue weighted by molar-refractivity contribution is -0.117. The molecule has 0 fully saturated rings. The molecule has 0 spiro atoms. The summed E-state index contributed by atoms with van der Waals surface area (Å²) >= 11 is 6.39. The van der Waals surface area contributed by atoms with E-state index in [-0.39, 0.29) is 11.7 Å². The van der Waals surface area contributed by atoms with Crippen LogP contribution in [0, 0.1) is 27.7 Å². The van der Waals surface area contributed by atoms with Crippen LogP contribution in [0.2, 0.25) is 5.02 Å². The maximum atomic E-state index is 14.1. The zero-order valence-corrected chi connectivity index (χ0v) is 33.2. The highest BCUT2D eigenvalue weighted by Crippen LogP contribution is 2.42. The molecular formula is C43H53ClN6O3. The third-order valence-corrected chi connectivity index (χ3v) is 10.2. The largest absolute Gasteiger partial charge is 0.494 e. The van der Waals surface area contributed by atoms with Gasteiger partial charge in [0.25, 0.3) is 0 Å². The Hall–Kier alpha value is -4.73. The Morgan fingerprint density at radius 3 is 2.40 bits per heavy atom. The van der Waals surface area contributed by atoms with E-state index in [2.05, 4.69) is 61.7 Å². The number of hydrogen-bond acceptors (Lipinski definition) is 6. The summed E-state index contributed by atoms with van der Waals surface area (Å²) in [7, 11) is 4.14. The van der Waals surface area contributed by atoms with Crippen LogP contribution >= 0.6 is 11.6 Å². The predicted molar refractivity (Wildman–Crippen MR) is 216 cm³/mol. The molecule has 0 bridgehead atoms. The van der Waals surface area contributed by atoms with Crippen molar-refractivity contribution < 1.29 is 14.3 Å². The minimum absolute atomic E-state index is 0.00446. The Labute approximate surface area is 319 Å². The molecule has 1 aromatic heterocycles. The van der Waals surface area contributed by atoms with Crippen molar-refractivity contribution in [2.75, 3.05) is 40.3 Å². The van der Waals surface area contributed by atoms with Crippen molar-refractivity contribution in [2.24, 2.45) is 4.99 Å². The molecule has 0 unspecified atom stereocenters. The highest BCUT2D eigenvalue weighted by molar-refractivity contribution is 6.32. The topological polar surface area (TPSA) is 101 Å². The van der Waals surface area contributed by atoms with Gasteiger partial charge >= 0.3 is 0 Å². The van der Waals surface area contributed by atoms with E-state index >= 15 is 0 Å². The molecule has 1 aliphatic rings. The highest BCUT2D eigenvalue weighted by Gasteiger charge is 2.30. The van der Waals surface area contributed by atoms with Crippen molar-refractivity contribution in [3.63, 3.8) is 0 Å². The SMILES string of the molecule is CCNC(=NCCCN(C)C)n1nc(C)c(-c2cccc3c2CC(C(=O)NCc2cccc(C(C)=O)c2)=C3CCCOc2cc(C)c(Cl)c(C)c2)c1C. The molecule has 1 heterocycles. The first-order valence-electron chi connectivity index (χ1n) is 18.5. The minimum Gasteiger partial charge on any atom is -0.494 e. The first-order chi connectivity index (χ1) is 25.4. The molecule has 0 saturated carbocycles. The molecule has 5 rings (SSSR count). The second-order valence-corrected chi connectivity index (χ2v) is 14.5. The van der Waals surface area contributed by atoms with E-state index in [9.17, 15) is 9.59 Å². The molecule has 1 aliphatic carbocycles. The van der Waals surface area contributed by atoms with Gasteiger partial charge in [0, 0.05) is 47.8 Å². The fourth-order valence-corrected chi connectivity index (χ4v) is 7.14. The van der Waals surface area contributed by atoms with Crippen LogP contribution in [0.25, 0.3) is 16.7 Å². The Balaban J connectivity index is 1.44. The van der Waals surface area contributed by atoms with Gasteiger partial charge in [0.2, 0.25) is 11.9 Å². The van der Waals surface area contributed by atoms with Crippen molar-refractivity contribution in [3.8, 4) is 16.9 Å². The number of ketones is 1.